The van der Waals surface area contributed by atoms with Gasteiger partial charge in [0, 0.05) is 18.4 Å². The first-order chi connectivity index (χ1) is 6.70. The van der Waals surface area contributed by atoms with E-state index in [2.05, 4.69) is 11.8 Å². The lowest BCUT2D eigenvalue weighted by Gasteiger charge is -2.10. The van der Waals surface area contributed by atoms with Gasteiger partial charge in [-0.25, -0.2) is 0 Å². The zero-order valence-electron chi connectivity index (χ0n) is 8.17. The minimum absolute atomic E-state index is 0.235. The van der Waals surface area contributed by atoms with Crippen molar-refractivity contribution < 1.29 is 5.11 Å². The number of hydrogen-bond acceptors (Lipinski definition) is 1. The van der Waals surface area contributed by atoms with Crippen molar-refractivity contribution in [2.24, 2.45) is 0 Å². The van der Waals surface area contributed by atoms with Crippen molar-refractivity contribution in [2.45, 2.75) is 19.8 Å². The molecule has 1 nitrogen and oxygen atoms in total. The smallest absolute Gasteiger partial charge is 0.120 e. The largest absolute Gasteiger partial charge is 0.508 e. The number of phenolic OH excluding ortho intramolecular Hbond substituents is 1. The molecular formula is C13H12O. The quantitative estimate of drug-likeness (QED) is 0.697. The Morgan fingerprint density at radius 1 is 1.14 bits per heavy atom. The molecule has 0 spiro atoms. The van der Waals surface area contributed by atoms with Crippen LogP contribution >= 0.6 is 0 Å². The lowest BCUT2D eigenvalue weighted by Crippen LogP contribution is -1.96. The minimum Gasteiger partial charge on any atom is -0.508 e. The van der Waals surface area contributed by atoms with Crippen molar-refractivity contribution in [3.8, 4) is 30.4 Å². The number of rotatable bonds is 2. The Morgan fingerprint density at radius 3 is 2.29 bits per heavy atom. The third-order valence-electron chi connectivity index (χ3n) is 2.20. The molecule has 0 radical (unpaired) electrons. The maximum Gasteiger partial charge on any atom is 0.120 e. The van der Waals surface area contributed by atoms with E-state index in [0.717, 1.165) is 16.7 Å². The molecule has 0 aliphatic heterocycles. The minimum atomic E-state index is 0.235. The fraction of sp³-hybridized carbons (Fsp3) is 0.231. The first-order valence-corrected chi connectivity index (χ1v) is 4.38. The number of aromatic hydroxyl groups is 1. The van der Waals surface area contributed by atoms with Crippen LogP contribution in [0, 0.1) is 31.6 Å². The monoisotopic (exact) mass is 184 g/mol. The van der Waals surface area contributed by atoms with Gasteiger partial charge in [0.25, 0.3) is 0 Å². The summed E-state index contributed by atoms with van der Waals surface area (Å²) in [6.07, 6.45) is 11.4. The van der Waals surface area contributed by atoms with Crippen LogP contribution in [0.3, 0.4) is 0 Å². The van der Waals surface area contributed by atoms with Crippen molar-refractivity contribution in [3.63, 3.8) is 0 Å². The molecule has 1 aromatic rings. The van der Waals surface area contributed by atoms with Crippen LogP contribution in [0.25, 0.3) is 0 Å². The molecule has 0 aromatic heterocycles. The maximum absolute atomic E-state index is 9.61. The third kappa shape index (κ3) is 1.90. The van der Waals surface area contributed by atoms with E-state index >= 15 is 0 Å². The van der Waals surface area contributed by atoms with Crippen molar-refractivity contribution in [3.05, 3.63) is 28.8 Å². The Labute approximate surface area is 84.8 Å². The third-order valence-corrected chi connectivity index (χ3v) is 2.20. The molecule has 1 rings (SSSR count). The Balaban J connectivity index is 3.29. The molecule has 0 heterocycles. The zero-order chi connectivity index (χ0) is 10.6. The first kappa shape index (κ1) is 10.2. The lowest BCUT2D eigenvalue weighted by molar-refractivity contribution is 0.469. The standard InChI is InChI=1S/C13H12O/c1-4-6-11-10(3)8-9-13(14)12(11)7-5-2/h1-2,8-9,14H,6-7H2,3H3. The van der Waals surface area contributed by atoms with Crippen LogP contribution < -0.4 is 0 Å². The number of aryl methyl sites for hydroxylation is 1. The van der Waals surface area contributed by atoms with Gasteiger partial charge in [0.1, 0.15) is 5.75 Å². The van der Waals surface area contributed by atoms with Gasteiger partial charge in [-0.1, -0.05) is 6.07 Å². The van der Waals surface area contributed by atoms with Gasteiger partial charge in [0.15, 0.2) is 0 Å². The summed E-state index contributed by atoms with van der Waals surface area (Å²) >= 11 is 0. The topological polar surface area (TPSA) is 20.2 Å². The molecule has 0 aliphatic carbocycles. The predicted molar refractivity (Wildman–Crippen MR) is 57.9 cm³/mol. The molecule has 0 amide bonds. The van der Waals surface area contributed by atoms with Gasteiger partial charge < -0.3 is 5.11 Å². The molecule has 14 heavy (non-hydrogen) atoms. The Bertz CT molecular complexity index is 375. The van der Waals surface area contributed by atoms with E-state index in [1.54, 1.807) is 6.07 Å². The SMILES string of the molecule is C#CCc1c(C)ccc(O)c1CC#C. The summed E-state index contributed by atoms with van der Waals surface area (Å²) in [5.74, 6) is 5.33. The highest BCUT2D eigenvalue weighted by atomic mass is 16.3. The van der Waals surface area contributed by atoms with Crippen LogP contribution in [0.1, 0.15) is 16.7 Å². The second kappa shape index (κ2) is 4.40. The zero-order valence-corrected chi connectivity index (χ0v) is 8.17. The van der Waals surface area contributed by atoms with Gasteiger partial charge in [0.2, 0.25) is 0 Å². The summed E-state index contributed by atoms with van der Waals surface area (Å²) in [5, 5.41) is 9.61. The summed E-state index contributed by atoms with van der Waals surface area (Å²) < 4.78 is 0. The molecule has 0 saturated heterocycles. The number of hydrogen-bond donors (Lipinski definition) is 1. The average Bonchev–Trinajstić information content (AvgIpc) is 2.17. The number of phenols is 1. The predicted octanol–water partition coefficient (Wildman–Crippen LogP) is 2.05. The fourth-order valence-corrected chi connectivity index (χ4v) is 1.45. The highest BCUT2D eigenvalue weighted by molar-refractivity contribution is 5.47. The van der Waals surface area contributed by atoms with Gasteiger partial charge in [-0.05, 0) is 24.1 Å². The normalized spacial score (nSPS) is 9.07. The van der Waals surface area contributed by atoms with Gasteiger partial charge in [-0.2, -0.15) is 0 Å². The van der Waals surface area contributed by atoms with Crippen LogP contribution in [-0.4, -0.2) is 5.11 Å². The fourth-order valence-electron chi connectivity index (χ4n) is 1.45. The van der Waals surface area contributed by atoms with E-state index < -0.39 is 0 Å². The molecular weight excluding hydrogens is 172 g/mol. The van der Waals surface area contributed by atoms with Crippen molar-refractivity contribution >= 4 is 0 Å². The van der Waals surface area contributed by atoms with E-state index in [-0.39, 0.29) is 5.75 Å². The molecule has 1 aromatic carbocycles. The van der Waals surface area contributed by atoms with Gasteiger partial charge in [0.05, 0.1) is 0 Å². The maximum atomic E-state index is 9.61. The highest BCUT2D eigenvalue weighted by Crippen LogP contribution is 2.24. The summed E-state index contributed by atoms with van der Waals surface area (Å²) in [6.45, 7) is 1.96. The second-order valence-electron chi connectivity index (χ2n) is 3.12. The summed E-state index contributed by atoms with van der Waals surface area (Å²) in [4.78, 5) is 0. The van der Waals surface area contributed by atoms with Crippen LogP contribution in [0.15, 0.2) is 12.1 Å². The molecule has 0 aliphatic rings. The molecule has 1 N–H and O–H groups in total. The summed E-state index contributed by atoms with van der Waals surface area (Å²) in [7, 11) is 0. The van der Waals surface area contributed by atoms with Crippen LogP contribution in [-0.2, 0) is 12.8 Å². The van der Waals surface area contributed by atoms with E-state index in [9.17, 15) is 5.11 Å². The first-order valence-electron chi connectivity index (χ1n) is 4.38. The molecule has 1 heteroatoms. The summed E-state index contributed by atoms with van der Waals surface area (Å²) in [6, 6.07) is 3.50. The second-order valence-corrected chi connectivity index (χ2v) is 3.12. The highest BCUT2D eigenvalue weighted by Gasteiger charge is 2.08. The molecule has 0 unspecified atom stereocenters. The Hall–Kier alpha value is -1.86. The van der Waals surface area contributed by atoms with Gasteiger partial charge >= 0.3 is 0 Å². The molecule has 0 fully saturated rings. The molecule has 0 atom stereocenters. The molecule has 0 saturated carbocycles. The van der Waals surface area contributed by atoms with E-state index in [1.807, 2.05) is 13.0 Å². The van der Waals surface area contributed by atoms with Crippen molar-refractivity contribution in [1.29, 1.82) is 0 Å². The molecule has 70 valence electrons. The molecule has 0 bridgehead atoms. The van der Waals surface area contributed by atoms with Crippen LogP contribution in [0.5, 0.6) is 5.75 Å². The van der Waals surface area contributed by atoms with E-state index in [4.69, 9.17) is 12.8 Å². The number of benzene rings is 1. The summed E-state index contributed by atoms with van der Waals surface area (Å²) in [5.41, 5.74) is 2.84. The Morgan fingerprint density at radius 2 is 1.71 bits per heavy atom. The average molecular weight is 184 g/mol. The van der Waals surface area contributed by atoms with Crippen molar-refractivity contribution in [1.82, 2.24) is 0 Å². The lowest BCUT2D eigenvalue weighted by atomic mass is 9.96. The van der Waals surface area contributed by atoms with Crippen LogP contribution in [0.4, 0.5) is 0 Å². The van der Waals surface area contributed by atoms with Crippen LogP contribution in [0.2, 0.25) is 0 Å². The van der Waals surface area contributed by atoms with E-state index in [0.29, 0.717) is 12.8 Å². The van der Waals surface area contributed by atoms with Crippen molar-refractivity contribution in [2.75, 3.05) is 0 Å². The van der Waals surface area contributed by atoms with Gasteiger partial charge in [-0.3, -0.25) is 0 Å². The Kier molecular flexibility index (Phi) is 3.21. The van der Waals surface area contributed by atoms with Gasteiger partial charge in [-0.15, -0.1) is 24.7 Å². The number of terminal acetylenes is 2. The van der Waals surface area contributed by atoms with E-state index in [1.165, 1.54) is 0 Å².